The summed E-state index contributed by atoms with van der Waals surface area (Å²) in [5.74, 6) is -1.51. The second-order valence-electron chi connectivity index (χ2n) is 5.55. The zero-order valence-corrected chi connectivity index (χ0v) is 12.5. The van der Waals surface area contributed by atoms with Gasteiger partial charge in [0.05, 0.1) is 0 Å². The highest BCUT2D eigenvalue weighted by molar-refractivity contribution is 6.05. The Morgan fingerprint density at radius 1 is 1.19 bits per heavy atom. The average Bonchev–Trinajstić information content (AvgIpc) is 2.46. The summed E-state index contributed by atoms with van der Waals surface area (Å²) in [6.45, 7) is 1.88. The molecule has 1 atom stereocenters. The van der Waals surface area contributed by atoms with E-state index in [4.69, 9.17) is 0 Å². The maximum absolute atomic E-state index is 12.3. The molecular weight excluding hydrogens is 266 g/mol. The van der Waals surface area contributed by atoms with Crippen LogP contribution in [-0.4, -0.2) is 36.0 Å². The molecule has 21 heavy (non-hydrogen) atoms. The van der Waals surface area contributed by atoms with Crippen LogP contribution in [0.15, 0.2) is 48.1 Å². The molecule has 2 rings (SSSR count). The summed E-state index contributed by atoms with van der Waals surface area (Å²) in [5, 5.41) is 9.56. The van der Waals surface area contributed by atoms with Crippen molar-refractivity contribution in [1.29, 1.82) is 0 Å². The lowest BCUT2D eigenvalue weighted by molar-refractivity contribution is -0.155. The SMILES string of the molecule is CC1=C(c2ccccc2)C=CC(C(=O)O)(C(=O)N(C)C)C1. The highest BCUT2D eigenvalue weighted by atomic mass is 16.4. The summed E-state index contributed by atoms with van der Waals surface area (Å²) < 4.78 is 0. The molecule has 1 aromatic carbocycles. The Morgan fingerprint density at radius 3 is 2.29 bits per heavy atom. The number of aliphatic carboxylic acids is 1. The topological polar surface area (TPSA) is 57.6 Å². The molecule has 110 valence electrons. The third-order valence-electron chi connectivity index (χ3n) is 3.79. The molecule has 0 spiro atoms. The van der Waals surface area contributed by atoms with Gasteiger partial charge in [0.1, 0.15) is 0 Å². The van der Waals surface area contributed by atoms with Crippen molar-refractivity contribution in [2.75, 3.05) is 14.1 Å². The molecule has 1 amide bonds. The zero-order chi connectivity index (χ0) is 15.6. The van der Waals surface area contributed by atoms with Crippen LogP contribution in [0.3, 0.4) is 0 Å². The Hall–Kier alpha value is -2.36. The molecule has 1 aliphatic carbocycles. The first-order valence-electron chi connectivity index (χ1n) is 6.78. The van der Waals surface area contributed by atoms with Crippen LogP contribution < -0.4 is 0 Å². The van der Waals surface area contributed by atoms with Crippen LogP contribution in [-0.2, 0) is 9.59 Å². The maximum atomic E-state index is 12.3. The molecule has 0 saturated carbocycles. The van der Waals surface area contributed by atoms with Crippen molar-refractivity contribution in [3.63, 3.8) is 0 Å². The number of carbonyl (C=O) groups is 2. The van der Waals surface area contributed by atoms with Crippen molar-refractivity contribution in [3.8, 4) is 0 Å². The van der Waals surface area contributed by atoms with Crippen molar-refractivity contribution in [1.82, 2.24) is 4.90 Å². The first kappa shape index (κ1) is 15.0. The van der Waals surface area contributed by atoms with E-state index in [-0.39, 0.29) is 6.42 Å². The third-order valence-corrected chi connectivity index (χ3v) is 3.79. The molecule has 0 heterocycles. The molecule has 0 aliphatic heterocycles. The van der Waals surface area contributed by atoms with Gasteiger partial charge in [-0.1, -0.05) is 48.1 Å². The van der Waals surface area contributed by atoms with Gasteiger partial charge in [-0.2, -0.15) is 0 Å². The van der Waals surface area contributed by atoms with Crippen LogP contribution in [0.2, 0.25) is 0 Å². The Morgan fingerprint density at radius 2 is 1.81 bits per heavy atom. The van der Waals surface area contributed by atoms with Crippen molar-refractivity contribution in [2.45, 2.75) is 13.3 Å². The zero-order valence-electron chi connectivity index (χ0n) is 12.5. The number of hydrogen-bond donors (Lipinski definition) is 1. The monoisotopic (exact) mass is 285 g/mol. The maximum Gasteiger partial charge on any atom is 0.323 e. The molecule has 0 saturated heterocycles. The predicted molar refractivity (Wildman–Crippen MR) is 81.6 cm³/mol. The van der Waals surface area contributed by atoms with Gasteiger partial charge < -0.3 is 10.0 Å². The van der Waals surface area contributed by atoms with E-state index in [1.54, 1.807) is 20.2 Å². The molecular formula is C17H19NO3. The summed E-state index contributed by atoms with van der Waals surface area (Å²) >= 11 is 0. The number of amides is 1. The Bertz CT molecular complexity index is 629. The number of carbonyl (C=O) groups excluding carboxylic acids is 1. The Kier molecular flexibility index (Phi) is 3.98. The number of allylic oxidation sites excluding steroid dienone is 3. The van der Waals surface area contributed by atoms with Gasteiger partial charge in [-0.3, -0.25) is 9.59 Å². The minimum absolute atomic E-state index is 0.195. The second-order valence-corrected chi connectivity index (χ2v) is 5.55. The van der Waals surface area contributed by atoms with E-state index in [0.717, 1.165) is 16.7 Å². The standard InChI is InChI=1S/C17H19NO3/c1-12-11-17(16(20)21,15(19)18(2)3)10-9-14(12)13-7-5-4-6-8-13/h4-10H,11H2,1-3H3,(H,20,21). The fourth-order valence-electron chi connectivity index (χ4n) is 2.68. The van der Waals surface area contributed by atoms with Gasteiger partial charge >= 0.3 is 5.97 Å². The molecule has 0 radical (unpaired) electrons. The first-order valence-corrected chi connectivity index (χ1v) is 6.78. The fourth-order valence-corrected chi connectivity index (χ4v) is 2.68. The van der Waals surface area contributed by atoms with Gasteiger partial charge in [-0.25, -0.2) is 0 Å². The minimum Gasteiger partial charge on any atom is -0.480 e. The molecule has 4 heteroatoms. The second kappa shape index (κ2) is 5.56. The third kappa shape index (κ3) is 2.61. The van der Waals surface area contributed by atoms with E-state index >= 15 is 0 Å². The Balaban J connectivity index is 2.43. The summed E-state index contributed by atoms with van der Waals surface area (Å²) in [6.07, 6.45) is 3.47. The van der Waals surface area contributed by atoms with Gasteiger partial charge in [0, 0.05) is 14.1 Å². The fraction of sp³-hybridized carbons (Fsp3) is 0.294. The normalized spacial score (nSPS) is 21.3. The van der Waals surface area contributed by atoms with Crippen LogP contribution in [0.1, 0.15) is 18.9 Å². The van der Waals surface area contributed by atoms with Crippen LogP contribution in [0.25, 0.3) is 5.57 Å². The van der Waals surface area contributed by atoms with Gasteiger partial charge in [-0.05, 0) is 24.5 Å². The largest absolute Gasteiger partial charge is 0.480 e. The van der Waals surface area contributed by atoms with Crippen molar-refractivity contribution in [2.24, 2.45) is 5.41 Å². The van der Waals surface area contributed by atoms with E-state index < -0.39 is 17.3 Å². The molecule has 1 N–H and O–H groups in total. The van der Waals surface area contributed by atoms with Gasteiger partial charge in [0.25, 0.3) is 0 Å². The van der Waals surface area contributed by atoms with E-state index in [1.165, 1.54) is 11.0 Å². The molecule has 4 nitrogen and oxygen atoms in total. The summed E-state index contributed by atoms with van der Waals surface area (Å²) in [5.41, 5.74) is 1.43. The van der Waals surface area contributed by atoms with Crippen molar-refractivity contribution in [3.05, 3.63) is 53.6 Å². The smallest absolute Gasteiger partial charge is 0.323 e. The lowest BCUT2D eigenvalue weighted by Gasteiger charge is -2.31. The number of benzene rings is 1. The van der Waals surface area contributed by atoms with E-state index in [2.05, 4.69) is 0 Å². The summed E-state index contributed by atoms with van der Waals surface area (Å²) in [4.78, 5) is 25.3. The molecule has 0 aromatic heterocycles. The lowest BCUT2D eigenvalue weighted by atomic mass is 9.74. The number of rotatable bonds is 3. The van der Waals surface area contributed by atoms with Crippen molar-refractivity contribution >= 4 is 17.4 Å². The van der Waals surface area contributed by atoms with Crippen molar-refractivity contribution < 1.29 is 14.7 Å². The summed E-state index contributed by atoms with van der Waals surface area (Å²) in [7, 11) is 3.15. The van der Waals surface area contributed by atoms with Gasteiger partial charge in [0.15, 0.2) is 5.41 Å². The lowest BCUT2D eigenvalue weighted by Crippen LogP contribution is -2.45. The average molecular weight is 285 g/mol. The van der Waals surface area contributed by atoms with Crippen LogP contribution in [0.4, 0.5) is 0 Å². The quantitative estimate of drug-likeness (QED) is 0.868. The Labute approximate surface area is 124 Å². The molecule has 1 aliphatic rings. The first-order chi connectivity index (χ1) is 9.88. The molecule has 0 fully saturated rings. The van der Waals surface area contributed by atoms with Crippen LogP contribution in [0, 0.1) is 5.41 Å². The van der Waals surface area contributed by atoms with Gasteiger partial charge in [0.2, 0.25) is 5.91 Å². The molecule has 1 aromatic rings. The number of carboxylic acid groups (broad SMARTS) is 1. The van der Waals surface area contributed by atoms with Gasteiger partial charge in [-0.15, -0.1) is 0 Å². The van der Waals surface area contributed by atoms with Crippen LogP contribution in [0.5, 0.6) is 0 Å². The van der Waals surface area contributed by atoms with E-state index in [9.17, 15) is 14.7 Å². The number of hydrogen-bond acceptors (Lipinski definition) is 2. The van der Waals surface area contributed by atoms with E-state index in [1.807, 2.05) is 37.3 Å². The minimum atomic E-state index is -1.49. The number of carboxylic acids is 1. The van der Waals surface area contributed by atoms with E-state index in [0.29, 0.717) is 0 Å². The number of nitrogens with zero attached hydrogens (tertiary/aromatic N) is 1. The molecule has 0 bridgehead atoms. The molecule has 1 unspecified atom stereocenters. The highest BCUT2D eigenvalue weighted by Gasteiger charge is 2.46. The predicted octanol–water partition coefficient (Wildman–Crippen LogP) is 2.58. The highest BCUT2D eigenvalue weighted by Crippen LogP contribution is 2.39. The van der Waals surface area contributed by atoms with Crippen LogP contribution >= 0.6 is 0 Å². The summed E-state index contributed by atoms with van der Waals surface area (Å²) in [6, 6.07) is 9.76.